The Balaban J connectivity index is 1.55. The number of piperidine rings is 1. The fraction of sp³-hybridized carbons (Fsp3) is 0.333. The number of hydrogen-bond acceptors (Lipinski definition) is 2. The number of rotatable bonds is 1. The highest BCUT2D eigenvalue weighted by Gasteiger charge is 2.35. The van der Waals surface area contributed by atoms with Crippen molar-refractivity contribution in [2.24, 2.45) is 5.92 Å². The van der Waals surface area contributed by atoms with Gasteiger partial charge in [-0.25, -0.2) is 0 Å². The summed E-state index contributed by atoms with van der Waals surface area (Å²) in [5.74, 6) is 0.791. The van der Waals surface area contributed by atoms with E-state index < -0.39 is 0 Å². The van der Waals surface area contributed by atoms with E-state index in [1.54, 1.807) is 6.07 Å². The summed E-state index contributed by atoms with van der Waals surface area (Å²) in [6.45, 7) is 2.47. The van der Waals surface area contributed by atoms with Gasteiger partial charge in [-0.3, -0.25) is 4.79 Å². The summed E-state index contributed by atoms with van der Waals surface area (Å²) in [4.78, 5) is 14.3. The highest BCUT2D eigenvalue weighted by molar-refractivity contribution is 7.80. The highest BCUT2D eigenvalue weighted by Crippen LogP contribution is 2.35. The number of aromatic nitrogens is 1. The van der Waals surface area contributed by atoms with Gasteiger partial charge in [-0.1, -0.05) is 29.8 Å². The molecule has 1 saturated heterocycles. The molecule has 0 radical (unpaired) electrons. The first-order chi connectivity index (χ1) is 11.6. The topological polar surface area (TPSA) is 37.3 Å². The lowest BCUT2D eigenvalue weighted by Crippen LogP contribution is -2.50. The smallest absolute Gasteiger partial charge is 0.250 e. The Morgan fingerprint density at radius 3 is 2.79 bits per heavy atom. The van der Waals surface area contributed by atoms with Gasteiger partial charge >= 0.3 is 0 Å². The van der Waals surface area contributed by atoms with Crippen LogP contribution in [0.25, 0.3) is 0 Å². The summed E-state index contributed by atoms with van der Waals surface area (Å²) in [5.41, 5.74) is 2.06. The van der Waals surface area contributed by atoms with Crippen molar-refractivity contribution < 1.29 is 0 Å². The van der Waals surface area contributed by atoms with E-state index in [0.29, 0.717) is 22.0 Å². The van der Waals surface area contributed by atoms with Gasteiger partial charge in [0.25, 0.3) is 5.56 Å². The number of para-hydroxylation sites is 1. The quantitative estimate of drug-likeness (QED) is 0.792. The molecule has 2 aliphatic rings. The predicted molar refractivity (Wildman–Crippen MR) is 101 cm³/mol. The van der Waals surface area contributed by atoms with Crippen LogP contribution < -0.4 is 10.9 Å². The van der Waals surface area contributed by atoms with Crippen molar-refractivity contribution in [3.63, 3.8) is 0 Å². The number of nitrogens with one attached hydrogen (secondary N) is 1. The second kappa shape index (κ2) is 6.22. The van der Waals surface area contributed by atoms with Crippen molar-refractivity contribution in [2.75, 3.05) is 18.4 Å². The summed E-state index contributed by atoms with van der Waals surface area (Å²) in [6, 6.07) is 13.2. The third kappa shape index (κ3) is 2.82. The molecule has 2 aliphatic heterocycles. The van der Waals surface area contributed by atoms with Crippen LogP contribution in [0.4, 0.5) is 5.69 Å². The maximum atomic E-state index is 12.1. The van der Waals surface area contributed by atoms with Gasteiger partial charge in [0, 0.05) is 37.3 Å². The van der Waals surface area contributed by atoms with Gasteiger partial charge in [0.1, 0.15) is 0 Å². The van der Waals surface area contributed by atoms with Crippen LogP contribution in [0.3, 0.4) is 0 Å². The molecule has 2 aromatic rings. The van der Waals surface area contributed by atoms with Gasteiger partial charge in [0.2, 0.25) is 0 Å². The number of benzene rings is 1. The van der Waals surface area contributed by atoms with E-state index in [2.05, 4.69) is 16.3 Å². The van der Waals surface area contributed by atoms with Crippen LogP contribution in [0.1, 0.15) is 18.0 Å². The SMILES string of the molecule is O=c1cccc2n1C[C@H]1C[C@@H]2CN(C(=S)Nc2ccccc2Cl)C1. The molecule has 6 heteroatoms. The molecule has 4 nitrogen and oxygen atoms in total. The molecule has 0 amide bonds. The molecule has 1 aromatic carbocycles. The average molecular weight is 360 g/mol. The number of nitrogens with zero attached hydrogens (tertiary/aromatic N) is 2. The van der Waals surface area contributed by atoms with Crippen molar-refractivity contribution in [2.45, 2.75) is 18.9 Å². The summed E-state index contributed by atoms with van der Waals surface area (Å²) >= 11 is 11.8. The molecule has 1 aromatic heterocycles. The number of likely N-dealkylation sites (tertiary alicyclic amines) is 1. The fourth-order valence-electron chi connectivity index (χ4n) is 3.82. The van der Waals surface area contributed by atoms with Gasteiger partial charge in [0.15, 0.2) is 5.11 Å². The summed E-state index contributed by atoms with van der Waals surface area (Å²) < 4.78 is 1.93. The van der Waals surface area contributed by atoms with Crippen LogP contribution in [-0.4, -0.2) is 27.7 Å². The molecular weight excluding hydrogens is 342 g/mol. The fourth-order valence-corrected chi connectivity index (χ4v) is 4.26. The molecule has 2 atom stereocenters. The molecule has 124 valence electrons. The largest absolute Gasteiger partial charge is 0.348 e. The maximum absolute atomic E-state index is 12.1. The Morgan fingerprint density at radius 2 is 1.96 bits per heavy atom. The molecular formula is C18H18ClN3OS. The van der Waals surface area contributed by atoms with E-state index in [1.165, 1.54) is 0 Å². The molecule has 24 heavy (non-hydrogen) atoms. The first kappa shape index (κ1) is 15.7. The lowest BCUT2D eigenvalue weighted by atomic mass is 9.83. The van der Waals surface area contributed by atoms with Crippen LogP contribution in [-0.2, 0) is 6.54 Å². The molecule has 1 fully saturated rings. The zero-order chi connectivity index (χ0) is 16.7. The predicted octanol–water partition coefficient (Wildman–Crippen LogP) is 3.32. The second-order valence-electron chi connectivity index (χ2n) is 6.51. The molecule has 0 spiro atoms. The zero-order valence-corrected chi connectivity index (χ0v) is 14.7. The number of thiocarbonyl (C=S) groups is 1. The third-order valence-electron chi connectivity index (χ3n) is 4.88. The summed E-state index contributed by atoms with van der Waals surface area (Å²) in [7, 11) is 0. The highest BCUT2D eigenvalue weighted by atomic mass is 35.5. The van der Waals surface area contributed by atoms with E-state index in [4.69, 9.17) is 23.8 Å². The average Bonchev–Trinajstić information content (AvgIpc) is 2.58. The zero-order valence-electron chi connectivity index (χ0n) is 13.1. The van der Waals surface area contributed by atoms with Crippen LogP contribution in [0.15, 0.2) is 47.3 Å². The minimum atomic E-state index is 0.104. The van der Waals surface area contributed by atoms with Crippen LogP contribution in [0.5, 0.6) is 0 Å². The van der Waals surface area contributed by atoms with Gasteiger partial charge in [-0.15, -0.1) is 0 Å². The lowest BCUT2D eigenvalue weighted by Gasteiger charge is -2.43. The van der Waals surface area contributed by atoms with Gasteiger partial charge in [-0.2, -0.15) is 0 Å². The number of fused-ring (bicyclic) bond motifs is 4. The molecule has 4 rings (SSSR count). The Kier molecular flexibility index (Phi) is 4.06. The monoisotopic (exact) mass is 359 g/mol. The summed E-state index contributed by atoms with van der Waals surface area (Å²) in [5, 5.41) is 4.62. The lowest BCUT2D eigenvalue weighted by molar-refractivity contribution is 0.180. The maximum Gasteiger partial charge on any atom is 0.250 e. The minimum Gasteiger partial charge on any atom is -0.348 e. The normalized spacial score (nSPS) is 22.0. The second-order valence-corrected chi connectivity index (χ2v) is 7.31. The number of pyridine rings is 1. The van der Waals surface area contributed by atoms with E-state index >= 15 is 0 Å². The molecule has 3 heterocycles. The summed E-state index contributed by atoms with van der Waals surface area (Å²) in [6.07, 6.45) is 1.12. The Hall–Kier alpha value is -1.85. The molecule has 0 aliphatic carbocycles. The van der Waals surface area contributed by atoms with E-state index in [9.17, 15) is 4.79 Å². The standard InChI is InChI=1S/C18H18ClN3OS/c19-14-4-1-2-5-15(14)20-18(24)21-9-12-8-13(11-21)16-6-3-7-17(23)22(16)10-12/h1-7,12-13H,8-11H2,(H,20,24)/t12-,13+/m0/s1. The van der Waals surface area contributed by atoms with Crippen molar-refractivity contribution in [3.8, 4) is 0 Å². The minimum absolute atomic E-state index is 0.104. The first-order valence-electron chi connectivity index (χ1n) is 8.12. The van der Waals surface area contributed by atoms with Gasteiger partial charge < -0.3 is 14.8 Å². The molecule has 1 N–H and O–H groups in total. The van der Waals surface area contributed by atoms with Crippen molar-refractivity contribution >= 4 is 34.6 Å². The Labute approximate surface area is 151 Å². The van der Waals surface area contributed by atoms with E-state index in [1.807, 2.05) is 34.9 Å². The number of hydrogen-bond donors (Lipinski definition) is 1. The first-order valence-corrected chi connectivity index (χ1v) is 8.90. The van der Waals surface area contributed by atoms with E-state index in [0.717, 1.165) is 37.4 Å². The Bertz CT molecular complexity index is 850. The third-order valence-corrected chi connectivity index (χ3v) is 5.57. The van der Waals surface area contributed by atoms with Crippen molar-refractivity contribution in [3.05, 3.63) is 63.5 Å². The Morgan fingerprint density at radius 1 is 1.12 bits per heavy atom. The number of halogens is 1. The van der Waals surface area contributed by atoms with Gasteiger partial charge in [-0.05, 0) is 42.8 Å². The van der Waals surface area contributed by atoms with Crippen LogP contribution in [0.2, 0.25) is 5.02 Å². The van der Waals surface area contributed by atoms with Crippen molar-refractivity contribution in [1.29, 1.82) is 0 Å². The van der Waals surface area contributed by atoms with Crippen LogP contribution >= 0.6 is 23.8 Å². The van der Waals surface area contributed by atoms with Crippen LogP contribution in [0, 0.1) is 5.92 Å². The molecule has 0 saturated carbocycles. The van der Waals surface area contributed by atoms with Crippen molar-refractivity contribution in [1.82, 2.24) is 9.47 Å². The molecule has 2 bridgehead atoms. The van der Waals surface area contributed by atoms with Gasteiger partial charge in [0.05, 0.1) is 10.7 Å². The number of anilines is 1. The molecule has 0 unspecified atom stereocenters. The van der Waals surface area contributed by atoms with E-state index in [-0.39, 0.29) is 5.56 Å².